The number of carbonyl (C=O) groups excluding carboxylic acids is 1. The van der Waals surface area contributed by atoms with Crippen molar-refractivity contribution in [1.29, 1.82) is 0 Å². The first-order valence-corrected chi connectivity index (χ1v) is 8.09. The van der Waals surface area contributed by atoms with E-state index in [0.29, 0.717) is 0 Å². The molecule has 3 nitrogen and oxygen atoms in total. The summed E-state index contributed by atoms with van der Waals surface area (Å²) < 4.78 is 4.86. The van der Waals surface area contributed by atoms with Crippen LogP contribution in [0.1, 0.15) is 78.1 Å². The highest BCUT2D eigenvalue weighted by Crippen LogP contribution is 2.08. The number of carbonyl (C=O) groups is 1. The van der Waals surface area contributed by atoms with E-state index in [1.54, 1.807) is 0 Å². The van der Waals surface area contributed by atoms with Gasteiger partial charge in [-0.15, -0.1) is 0 Å². The van der Waals surface area contributed by atoms with Crippen LogP contribution in [0.3, 0.4) is 0 Å². The van der Waals surface area contributed by atoms with Gasteiger partial charge in [-0.2, -0.15) is 0 Å². The Labute approximate surface area is 119 Å². The molecule has 0 aromatic heterocycles. The van der Waals surface area contributed by atoms with Gasteiger partial charge in [-0.05, 0) is 12.8 Å². The highest BCUT2D eigenvalue weighted by atomic mass is 16.5. The maximum atomic E-state index is 11.7. The number of ether oxygens (including phenoxy) is 1. The van der Waals surface area contributed by atoms with Crippen LogP contribution in [0.25, 0.3) is 0 Å². The lowest BCUT2D eigenvalue weighted by Crippen LogP contribution is -2.32. The average molecular weight is 271 g/mol. The summed E-state index contributed by atoms with van der Waals surface area (Å²) in [5.74, 6) is 0. The van der Waals surface area contributed by atoms with Crippen LogP contribution in [-0.4, -0.2) is 31.2 Å². The lowest BCUT2D eigenvalue weighted by molar-refractivity contribution is 0.121. The van der Waals surface area contributed by atoms with E-state index in [0.717, 1.165) is 25.9 Å². The first-order chi connectivity index (χ1) is 9.26. The van der Waals surface area contributed by atoms with Crippen molar-refractivity contribution in [1.82, 2.24) is 4.90 Å². The molecule has 0 spiro atoms. The van der Waals surface area contributed by atoms with Gasteiger partial charge in [0.2, 0.25) is 0 Å². The molecule has 0 aromatic carbocycles. The molecule has 0 bridgehead atoms. The fraction of sp³-hybridized carbons (Fsp3) is 0.938. The molecule has 0 unspecified atom stereocenters. The second-order valence-corrected chi connectivity index (χ2v) is 5.29. The molecule has 0 N–H and O–H groups in total. The van der Waals surface area contributed by atoms with Gasteiger partial charge in [0, 0.05) is 13.1 Å². The standard InChI is InChI=1S/C16H33NO2/c1-4-6-8-10-12-14-17(16(18)19-3)15-13-11-9-7-5-2/h4-15H2,1-3H3. The molecule has 0 heterocycles. The second kappa shape index (κ2) is 13.7. The first-order valence-electron chi connectivity index (χ1n) is 8.09. The summed E-state index contributed by atoms with van der Waals surface area (Å²) in [7, 11) is 1.48. The van der Waals surface area contributed by atoms with Crippen molar-refractivity contribution in [3.8, 4) is 0 Å². The molecule has 0 radical (unpaired) electrons. The van der Waals surface area contributed by atoms with E-state index in [9.17, 15) is 4.79 Å². The van der Waals surface area contributed by atoms with Crippen LogP contribution in [0.2, 0.25) is 0 Å². The first kappa shape index (κ1) is 18.3. The topological polar surface area (TPSA) is 29.5 Å². The molecular formula is C16H33NO2. The summed E-state index contributed by atoms with van der Waals surface area (Å²) >= 11 is 0. The predicted octanol–water partition coefficient (Wildman–Crippen LogP) is 5.00. The molecule has 0 aliphatic rings. The third-order valence-electron chi connectivity index (χ3n) is 3.50. The third kappa shape index (κ3) is 10.8. The van der Waals surface area contributed by atoms with Crippen LogP contribution >= 0.6 is 0 Å². The Morgan fingerprint density at radius 3 is 1.58 bits per heavy atom. The Kier molecular flexibility index (Phi) is 13.2. The van der Waals surface area contributed by atoms with Crippen LogP contribution in [0, 0.1) is 0 Å². The number of rotatable bonds is 12. The lowest BCUT2D eigenvalue weighted by Gasteiger charge is -2.21. The fourth-order valence-electron chi connectivity index (χ4n) is 2.24. The zero-order valence-corrected chi connectivity index (χ0v) is 13.2. The number of amides is 1. The fourth-order valence-corrected chi connectivity index (χ4v) is 2.24. The van der Waals surface area contributed by atoms with E-state index in [-0.39, 0.29) is 6.09 Å². The van der Waals surface area contributed by atoms with E-state index in [2.05, 4.69) is 13.8 Å². The molecular weight excluding hydrogens is 238 g/mol. The summed E-state index contributed by atoms with van der Waals surface area (Å²) in [4.78, 5) is 13.5. The highest BCUT2D eigenvalue weighted by molar-refractivity contribution is 5.67. The molecule has 0 saturated heterocycles. The summed E-state index contributed by atoms with van der Waals surface area (Å²) in [6, 6.07) is 0. The molecule has 0 aromatic rings. The zero-order chi connectivity index (χ0) is 14.3. The number of hydrogen-bond acceptors (Lipinski definition) is 2. The van der Waals surface area contributed by atoms with Crippen LogP contribution in [0.4, 0.5) is 4.79 Å². The van der Waals surface area contributed by atoms with Crippen LogP contribution in [-0.2, 0) is 4.74 Å². The minimum atomic E-state index is -0.161. The van der Waals surface area contributed by atoms with Crippen LogP contribution in [0.15, 0.2) is 0 Å². The van der Waals surface area contributed by atoms with Gasteiger partial charge in [-0.3, -0.25) is 0 Å². The van der Waals surface area contributed by atoms with Gasteiger partial charge in [-0.1, -0.05) is 65.2 Å². The molecule has 0 fully saturated rings. The van der Waals surface area contributed by atoms with Crippen molar-refractivity contribution in [2.24, 2.45) is 0 Å². The third-order valence-corrected chi connectivity index (χ3v) is 3.50. The number of nitrogens with zero attached hydrogens (tertiary/aromatic N) is 1. The van der Waals surface area contributed by atoms with Crippen LogP contribution in [0.5, 0.6) is 0 Å². The molecule has 0 rings (SSSR count). The van der Waals surface area contributed by atoms with E-state index >= 15 is 0 Å². The predicted molar refractivity (Wildman–Crippen MR) is 81.5 cm³/mol. The van der Waals surface area contributed by atoms with Crippen molar-refractivity contribution in [2.45, 2.75) is 78.1 Å². The van der Waals surface area contributed by atoms with Gasteiger partial charge in [-0.25, -0.2) is 4.79 Å². The van der Waals surface area contributed by atoms with Crippen molar-refractivity contribution >= 4 is 6.09 Å². The number of methoxy groups -OCH3 is 1. The monoisotopic (exact) mass is 271 g/mol. The average Bonchev–Trinajstić information content (AvgIpc) is 2.43. The van der Waals surface area contributed by atoms with Crippen molar-refractivity contribution < 1.29 is 9.53 Å². The van der Waals surface area contributed by atoms with E-state index in [4.69, 9.17) is 4.74 Å². The van der Waals surface area contributed by atoms with Crippen molar-refractivity contribution in [3.05, 3.63) is 0 Å². The Bertz CT molecular complexity index is 193. The smallest absolute Gasteiger partial charge is 0.409 e. The second-order valence-electron chi connectivity index (χ2n) is 5.29. The van der Waals surface area contributed by atoms with Crippen LogP contribution < -0.4 is 0 Å². The molecule has 19 heavy (non-hydrogen) atoms. The zero-order valence-electron chi connectivity index (χ0n) is 13.2. The number of hydrogen-bond donors (Lipinski definition) is 0. The maximum Gasteiger partial charge on any atom is 0.409 e. The Morgan fingerprint density at radius 2 is 1.21 bits per heavy atom. The van der Waals surface area contributed by atoms with Crippen molar-refractivity contribution in [3.63, 3.8) is 0 Å². The van der Waals surface area contributed by atoms with E-state index in [1.165, 1.54) is 58.5 Å². The maximum absolute atomic E-state index is 11.7. The van der Waals surface area contributed by atoms with Gasteiger partial charge < -0.3 is 9.64 Å². The number of unbranched alkanes of at least 4 members (excludes halogenated alkanes) is 8. The van der Waals surface area contributed by atoms with Gasteiger partial charge >= 0.3 is 6.09 Å². The summed E-state index contributed by atoms with van der Waals surface area (Å²) in [5.41, 5.74) is 0. The Balaban J connectivity index is 3.73. The van der Waals surface area contributed by atoms with Gasteiger partial charge in [0.15, 0.2) is 0 Å². The Morgan fingerprint density at radius 1 is 0.789 bits per heavy atom. The lowest BCUT2D eigenvalue weighted by atomic mass is 10.1. The van der Waals surface area contributed by atoms with E-state index < -0.39 is 0 Å². The van der Waals surface area contributed by atoms with Crippen molar-refractivity contribution in [2.75, 3.05) is 20.2 Å². The molecule has 0 saturated carbocycles. The largest absolute Gasteiger partial charge is 0.453 e. The summed E-state index contributed by atoms with van der Waals surface area (Å²) in [5, 5.41) is 0. The molecule has 114 valence electrons. The summed E-state index contributed by atoms with van der Waals surface area (Å²) in [6.07, 6.45) is 12.2. The highest BCUT2D eigenvalue weighted by Gasteiger charge is 2.12. The van der Waals surface area contributed by atoms with Gasteiger partial charge in [0.25, 0.3) is 0 Å². The molecule has 3 heteroatoms. The minimum absolute atomic E-state index is 0.161. The molecule has 0 atom stereocenters. The SMILES string of the molecule is CCCCCCCN(CCCCCCC)C(=O)OC. The Hall–Kier alpha value is -0.730. The quantitative estimate of drug-likeness (QED) is 0.468. The molecule has 1 amide bonds. The minimum Gasteiger partial charge on any atom is -0.453 e. The van der Waals surface area contributed by atoms with Gasteiger partial charge in [0.1, 0.15) is 0 Å². The van der Waals surface area contributed by atoms with E-state index in [1.807, 2.05) is 4.90 Å². The molecule has 0 aliphatic heterocycles. The summed E-state index contributed by atoms with van der Waals surface area (Å²) in [6.45, 7) is 6.14. The van der Waals surface area contributed by atoms with Gasteiger partial charge in [0.05, 0.1) is 7.11 Å². The normalized spacial score (nSPS) is 10.5. The molecule has 0 aliphatic carbocycles.